The van der Waals surface area contributed by atoms with E-state index in [9.17, 15) is 4.79 Å². The smallest absolute Gasteiger partial charge is 0.274 e. The molecule has 1 aromatic carbocycles. The fourth-order valence-electron chi connectivity index (χ4n) is 3.72. The Morgan fingerprint density at radius 3 is 2.63 bits per heavy atom. The van der Waals surface area contributed by atoms with Crippen LogP contribution in [-0.4, -0.2) is 56.7 Å². The summed E-state index contributed by atoms with van der Waals surface area (Å²) in [5.41, 5.74) is 2.46. The third kappa shape index (κ3) is 3.25. The van der Waals surface area contributed by atoms with Crippen LogP contribution in [0.15, 0.2) is 36.7 Å². The number of para-hydroxylation sites is 1. The van der Waals surface area contributed by atoms with Crippen LogP contribution in [0.5, 0.6) is 0 Å². The van der Waals surface area contributed by atoms with E-state index in [1.807, 2.05) is 50.2 Å². The van der Waals surface area contributed by atoms with Gasteiger partial charge in [-0.25, -0.2) is 9.97 Å². The highest BCUT2D eigenvalue weighted by Crippen LogP contribution is 2.26. The molecule has 7 nitrogen and oxygen atoms in total. The second kappa shape index (κ2) is 6.98. The molecule has 0 radical (unpaired) electrons. The maximum atomic E-state index is 12.8. The van der Waals surface area contributed by atoms with Gasteiger partial charge in [-0.05, 0) is 38.0 Å². The van der Waals surface area contributed by atoms with Crippen molar-refractivity contribution in [1.82, 2.24) is 24.6 Å². The van der Waals surface area contributed by atoms with Gasteiger partial charge >= 0.3 is 0 Å². The zero-order valence-corrected chi connectivity index (χ0v) is 16.0. The third-order valence-corrected chi connectivity index (χ3v) is 5.49. The van der Waals surface area contributed by atoms with Crippen molar-refractivity contribution in [3.8, 4) is 0 Å². The van der Waals surface area contributed by atoms with Crippen molar-refractivity contribution in [2.75, 3.05) is 25.0 Å². The van der Waals surface area contributed by atoms with Crippen LogP contribution in [0.25, 0.3) is 10.9 Å². The molecule has 7 heteroatoms. The summed E-state index contributed by atoms with van der Waals surface area (Å²) in [5.74, 6) is 0.970. The Bertz CT molecular complexity index is 949. The molecule has 1 aliphatic rings. The Kier molecular flexibility index (Phi) is 4.51. The number of amides is 1. The summed E-state index contributed by atoms with van der Waals surface area (Å²) in [4.78, 5) is 25.8. The molecule has 0 bridgehead atoms. The fraction of sp³-hybridized carbons (Fsp3) is 0.400. The van der Waals surface area contributed by atoms with Crippen molar-refractivity contribution in [2.24, 2.45) is 7.05 Å². The molecular formula is C20H24N6O. The topological polar surface area (TPSA) is 67.2 Å². The molecule has 0 spiro atoms. The summed E-state index contributed by atoms with van der Waals surface area (Å²) in [6.45, 7) is 3.68. The van der Waals surface area contributed by atoms with Gasteiger partial charge in [0.2, 0.25) is 0 Å². The van der Waals surface area contributed by atoms with Crippen LogP contribution in [0, 0.1) is 6.92 Å². The minimum absolute atomic E-state index is 0.00960. The lowest BCUT2D eigenvalue weighted by atomic mass is 10.0. The second-order valence-corrected chi connectivity index (χ2v) is 7.14. The molecule has 0 atom stereocenters. The molecule has 3 aromatic rings. The molecule has 0 saturated carbocycles. The van der Waals surface area contributed by atoms with Crippen LogP contribution in [0.4, 0.5) is 5.82 Å². The lowest BCUT2D eigenvalue weighted by Gasteiger charge is -2.37. The highest BCUT2D eigenvalue weighted by atomic mass is 16.2. The van der Waals surface area contributed by atoms with Crippen molar-refractivity contribution < 1.29 is 4.79 Å². The molecule has 4 rings (SSSR count). The van der Waals surface area contributed by atoms with Gasteiger partial charge < -0.3 is 9.80 Å². The van der Waals surface area contributed by atoms with E-state index in [2.05, 4.69) is 26.0 Å². The molecule has 0 unspecified atom stereocenters. The summed E-state index contributed by atoms with van der Waals surface area (Å²) < 4.78 is 1.74. The average Bonchev–Trinajstić information content (AvgIpc) is 3.05. The average molecular weight is 364 g/mol. The molecule has 1 aliphatic heterocycles. The number of nitrogens with zero attached hydrogens (tertiary/aromatic N) is 6. The number of carbonyl (C=O) groups excluding carboxylic acids is 1. The van der Waals surface area contributed by atoms with Crippen LogP contribution in [-0.2, 0) is 7.05 Å². The molecule has 140 valence electrons. The predicted molar refractivity (Wildman–Crippen MR) is 105 cm³/mol. The molecular weight excluding hydrogens is 340 g/mol. The van der Waals surface area contributed by atoms with E-state index in [1.54, 1.807) is 11.0 Å². The highest BCUT2D eigenvalue weighted by molar-refractivity contribution is 5.92. The van der Waals surface area contributed by atoms with E-state index in [0.717, 1.165) is 48.3 Å². The van der Waals surface area contributed by atoms with Gasteiger partial charge in [-0.2, -0.15) is 5.10 Å². The first-order valence-electron chi connectivity index (χ1n) is 9.27. The summed E-state index contributed by atoms with van der Waals surface area (Å²) in [5, 5.41) is 5.40. The lowest BCUT2D eigenvalue weighted by molar-refractivity contribution is 0.0702. The number of piperidine rings is 1. The van der Waals surface area contributed by atoms with E-state index >= 15 is 0 Å². The standard InChI is InChI=1S/C20H24N6O/c1-14-12-18(23-25(14)3)20(27)24(2)15-8-10-26(11-9-15)19-16-6-4-5-7-17(16)21-13-22-19/h4-7,12-13,15H,8-11H2,1-3H3. The van der Waals surface area contributed by atoms with Crippen molar-refractivity contribution in [3.63, 3.8) is 0 Å². The Hall–Kier alpha value is -2.96. The SMILES string of the molecule is Cc1cc(C(=O)N(C)C2CCN(c3ncnc4ccccc34)CC2)nn1C. The maximum Gasteiger partial charge on any atom is 0.274 e. The molecule has 1 amide bonds. The number of fused-ring (bicyclic) bond motifs is 1. The quantitative estimate of drug-likeness (QED) is 0.714. The molecule has 2 aromatic heterocycles. The Labute approximate surface area is 158 Å². The van der Waals surface area contributed by atoms with Crippen molar-refractivity contribution in [3.05, 3.63) is 48.0 Å². The second-order valence-electron chi connectivity index (χ2n) is 7.14. The zero-order chi connectivity index (χ0) is 19.0. The number of aryl methyl sites for hydroxylation is 2. The van der Waals surface area contributed by atoms with Crippen molar-refractivity contribution in [1.29, 1.82) is 0 Å². The lowest BCUT2D eigenvalue weighted by Crippen LogP contribution is -2.46. The first-order valence-corrected chi connectivity index (χ1v) is 9.27. The number of anilines is 1. The summed E-state index contributed by atoms with van der Waals surface area (Å²) in [6, 6.07) is 10.1. The maximum absolute atomic E-state index is 12.8. The van der Waals surface area contributed by atoms with Gasteiger partial charge in [-0.3, -0.25) is 9.48 Å². The monoisotopic (exact) mass is 364 g/mol. The van der Waals surface area contributed by atoms with Gasteiger partial charge in [0.1, 0.15) is 12.1 Å². The predicted octanol–water partition coefficient (Wildman–Crippen LogP) is 2.41. The number of carbonyl (C=O) groups is 1. The third-order valence-electron chi connectivity index (χ3n) is 5.49. The van der Waals surface area contributed by atoms with Crippen LogP contribution >= 0.6 is 0 Å². The molecule has 1 fully saturated rings. The Balaban J connectivity index is 1.46. The van der Waals surface area contributed by atoms with Gasteiger partial charge in [0, 0.05) is 44.3 Å². The van der Waals surface area contributed by atoms with Gasteiger partial charge in [-0.15, -0.1) is 0 Å². The summed E-state index contributed by atoms with van der Waals surface area (Å²) >= 11 is 0. The normalized spacial score (nSPS) is 15.3. The van der Waals surface area contributed by atoms with Crippen LogP contribution in [0.1, 0.15) is 29.0 Å². The Morgan fingerprint density at radius 1 is 1.19 bits per heavy atom. The van der Waals surface area contributed by atoms with Gasteiger partial charge in [-0.1, -0.05) is 12.1 Å². The minimum Gasteiger partial charge on any atom is -0.356 e. The van der Waals surface area contributed by atoms with Crippen LogP contribution in [0.3, 0.4) is 0 Å². The summed E-state index contributed by atoms with van der Waals surface area (Å²) in [7, 11) is 3.74. The first kappa shape index (κ1) is 17.5. The van der Waals surface area contributed by atoms with Gasteiger partial charge in [0.15, 0.2) is 5.69 Å². The van der Waals surface area contributed by atoms with Crippen molar-refractivity contribution >= 4 is 22.6 Å². The van der Waals surface area contributed by atoms with E-state index < -0.39 is 0 Å². The summed E-state index contributed by atoms with van der Waals surface area (Å²) in [6.07, 6.45) is 3.45. The van der Waals surface area contributed by atoms with Gasteiger partial charge in [0.25, 0.3) is 5.91 Å². The zero-order valence-electron chi connectivity index (χ0n) is 16.0. The number of rotatable bonds is 3. The van der Waals surface area contributed by atoms with Gasteiger partial charge in [0.05, 0.1) is 5.52 Å². The van der Waals surface area contributed by atoms with E-state index in [1.165, 1.54) is 0 Å². The minimum atomic E-state index is -0.00960. The van der Waals surface area contributed by atoms with Crippen LogP contribution < -0.4 is 4.90 Å². The first-order chi connectivity index (χ1) is 13.0. The number of hydrogen-bond donors (Lipinski definition) is 0. The Morgan fingerprint density at radius 2 is 1.93 bits per heavy atom. The van der Waals surface area contributed by atoms with E-state index in [0.29, 0.717) is 5.69 Å². The van der Waals surface area contributed by atoms with Crippen molar-refractivity contribution in [2.45, 2.75) is 25.8 Å². The molecule has 0 aliphatic carbocycles. The molecule has 0 N–H and O–H groups in total. The number of hydrogen-bond acceptors (Lipinski definition) is 5. The molecule has 1 saturated heterocycles. The number of aromatic nitrogens is 4. The molecule has 3 heterocycles. The van der Waals surface area contributed by atoms with E-state index in [4.69, 9.17) is 0 Å². The number of benzene rings is 1. The van der Waals surface area contributed by atoms with Crippen LogP contribution in [0.2, 0.25) is 0 Å². The highest BCUT2D eigenvalue weighted by Gasteiger charge is 2.28. The fourth-order valence-corrected chi connectivity index (χ4v) is 3.72. The largest absolute Gasteiger partial charge is 0.356 e. The van der Waals surface area contributed by atoms with E-state index in [-0.39, 0.29) is 11.9 Å². The molecule has 27 heavy (non-hydrogen) atoms.